The van der Waals surface area contributed by atoms with Crippen LogP contribution in [0.3, 0.4) is 0 Å². The van der Waals surface area contributed by atoms with E-state index in [0.717, 1.165) is 5.56 Å². The Kier molecular flexibility index (Phi) is 4.99. The van der Waals surface area contributed by atoms with Crippen molar-refractivity contribution in [3.8, 4) is 0 Å². The van der Waals surface area contributed by atoms with Crippen LogP contribution in [0.5, 0.6) is 0 Å². The molecule has 0 spiro atoms. The minimum absolute atomic E-state index is 0.164. The summed E-state index contributed by atoms with van der Waals surface area (Å²) in [5, 5.41) is 11.6. The SMILES string of the molecule is NC1CCN(C(=O)O)CC1NC(=O)OCc1ccccc1. The second-order valence-corrected chi connectivity index (χ2v) is 4.99. The molecule has 4 N–H and O–H groups in total. The zero-order valence-electron chi connectivity index (χ0n) is 11.6. The number of benzene rings is 1. The van der Waals surface area contributed by atoms with Crippen LogP contribution >= 0.6 is 0 Å². The van der Waals surface area contributed by atoms with E-state index in [1.54, 1.807) is 0 Å². The van der Waals surface area contributed by atoms with Crippen LogP contribution in [0.15, 0.2) is 30.3 Å². The number of carbonyl (C=O) groups is 2. The molecule has 2 atom stereocenters. The van der Waals surface area contributed by atoms with Crippen molar-refractivity contribution in [2.24, 2.45) is 5.73 Å². The third-order valence-electron chi connectivity index (χ3n) is 3.45. The first kappa shape index (κ1) is 15.1. The number of likely N-dealkylation sites (tertiary alicyclic amines) is 1. The van der Waals surface area contributed by atoms with Gasteiger partial charge in [-0.2, -0.15) is 0 Å². The number of alkyl carbamates (subject to hydrolysis) is 1. The second-order valence-electron chi connectivity index (χ2n) is 4.99. The lowest BCUT2D eigenvalue weighted by Crippen LogP contribution is -2.59. The van der Waals surface area contributed by atoms with Crippen LogP contribution in [-0.4, -0.2) is 47.4 Å². The summed E-state index contributed by atoms with van der Waals surface area (Å²) in [6.45, 7) is 0.724. The largest absolute Gasteiger partial charge is 0.465 e. The molecule has 2 amide bonds. The van der Waals surface area contributed by atoms with E-state index in [2.05, 4.69) is 5.32 Å². The van der Waals surface area contributed by atoms with Gasteiger partial charge in [-0.05, 0) is 12.0 Å². The molecule has 1 aromatic carbocycles. The highest BCUT2D eigenvalue weighted by molar-refractivity contribution is 5.68. The van der Waals surface area contributed by atoms with Gasteiger partial charge in [0, 0.05) is 19.1 Å². The fraction of sp³-hybridized carbons (Fsp3) is 0.429. The molecule has 1 fully saturated rings. The zero-order chi connectivity index (χ0) is 15.2. The van der Waals surface area contributed by atoms with E-state index < -0.39 is 18.2 Å². The van der Waals surface area contributed by atoms with E-state index >= 15 is 0 Å². The van der Waals surface area contributed by atoms with Gasteiger partial charge in [-0.15, -0.1) is 0 Å². The smallest absolute Gasteiger partial charge is 0.407 e. The number of hydrogen-bond donors (Lipinski definition) is 3. The number of ether oxygens (including phenoxy) is 1. The predicted molar refractivity (Wildman–Crippen MR) is 75.7 cm³/mol. The van der Waals surface area contributed by atoms with Crippen molar-refractivity contribution in [3.05, 3.63) is 35.9 Å². The van der Waals surface area contributed by atoms with Gasteiger partial charge in [0.05, 0.1) is 6.04 Å². The highest BCUT2D eigenvalue weighted by atomic mass is 16.5. The van der Waals surface area contributed by atoms with Gasteiger partial charge < -0.3 is 25.8 Å². The molecule has 1 saturated heterocycles. The number of nitrogens with zero attached hydrogens (tertiary/aromatic N) is 1. The maximum Gasteiger partial charge on any atom is 0.407 e. The monoisotopic (exact) mass is 293 g/mol. The molecular formula is C14H19N3O4. The predicted octanol–water partition coefficient (Wildman–Crippen LogP) is 0.992. The van der Waals surface area contributed by atoms with Gasteiger partial charge in [-0.3, -0.25) is 0 Å². The summed E-state index contributed by atoms with van der Waals surface area (Å²) in [5.41, 5.74) is 6.79. The summed E-state index contributed by atoms with van der Waals surface area (Å²) < 4.78 is 5.10. The lowest BCUT2D eigenvalue weighted by Gasteiger charge is -2.35. The maximum absolute atomic E-state index is 11.8. The summed E-state index contributed by atoms with van der Waals surface area (Å²) in [6, 6.07) is 8.60. The van der Waals surface area contributed by atoms with E-state index in [4.69, 9.17) is 15.6 Å². The molecule has 21 heavy (non-hydrogen) atoms. The third-order valence-corrected chi connectivity index (χ3v) is 3.45. The standard InChI is InChI=1S/C14H19N3O4/c15-11-6-7-17(14(19)20)8-12(11)16-13(18)21-9-10-4-2-1-3-5-10/h1-5,11-12H,6-9,15H2,(H,16,18)(H,19,20). The van der Waals surface area contributed by atoms with Gasteiger partial charge in [0.25, 0.3) is 0 Å². The lowest BCUT2D eigenvalue weighted by molar-refractivity contribution is 0.107. The molecule has 0 aromatic heterocycles. The van der Waals surface area contributed by atoms with Gasteiger partial charge in [0.15, 0.2) is 0 Å². The fourth-order valence-corrected chi connectivity index (χ4v) is 2.21. The van der Waals surface area contributed by atoms with Crippen molar-refractivity contribution < 1.29 is 19.4 Å². The van der Waals surface area contributed by atoms with E-state index in [1.165, 1.54) is 4.90 Å². The Morgan fingerprint density at radius 1 is 1.38 bits per heavy atom. The summed E-state index contributed by atoms with van der Waals surface area (Å²) in [7, 11) is 0. The summed E-state index contributed by atoms with van der Waals surface area (Å²) in [4.78, 5) is 23.9. The average molecular weight is 293 g/mol. The van der Waals surface area contributed by atoms with E-state index in [-0.39, 0.29) is 19.2 Å². The van der Waals surface area contributed by atoms with E-state index in [9.17, 15) is 9.59 Å². The Morgan fingerprint density at radius 3 is 2.76 bits per heavy atom. The molecule has 0 aliphatic carbocycles. The van der Waals surface area contributed by atoms with Gasteiger partial charge in [-0.25, -0.2) is 9.59 Å². The van der Waals surface area contributed by atoms with Crippen LogP contribution in [0.25, 0.3) is 0 Å². The second kappa shape index (κ2) is 6.94. The number of carboxylic acid groups (broad SMARTS) is 1. The normalized spacial score (nSPS) is 21.7. The van der Waals surface area contributed by atoms with Crippen molar-refractivity contribution in [2.75, 3.05) is 13.1 Å². The lowest BCUT2D eigenvalue weighted by atomic mass is 10.0. The van der Waals surface area contributed by atoms with E-state index in [0.29, 0.717) is 13.0 Å². The van der Waals surface area contributed by atoms with Gasteiger partial charge in [0.2, 0.25) is 0 Å². The van der Waals surface area contributed by atoms with Crippen molar-refractivity contribution in [1.29, 1.82) is 0 Å². The number of amides is 2. The van der Waals surface area contributed by atoms with Gasteiger partial charge in [-0.1, -0.05) is 30.3 Å². The minimum Gasteiger partial charge on any atom is -0.465 e. The molecule has 1 heterocycles. The first-order chi connectivity index (χ1) is 10.1. The zero-order valence-corrected chi connectivity index (χ0v) is 11.6. The molecule has 0 radical (unpaired) electrons. The minimum atomic E-state index is -1.01. The molecule has 2 unspecified atom stereocenters. The molecule has 7 heteroatoms. The molecule has 2 rings (SSSR count). The molecule has 0 saturated carbocycles. The average Bonchev–Trinajstić information content (AvgIpc) is 2.48. The molecule has 1 aliphatic heterocycles. The number of nitrogens with two attached hydrogens (primary N) is 1. The molecular weight excluding hydrogens is 274 g/mol. The van der Waals surface area contributed by atoms with Crippen molar-refractivity contribution in [1.82, 2.24) is 10.2 Å². The topological polar surface area (TPSA) is 105 Å². The number of rotatable bonds is 3. The first-order valence-electron chi connectivity index (χ1n) is 6.77. The highest BCUT2D eigenvalue weighted by Crippen LogP contribution is 2.10. The number of piperidine rings is 1. The van der Waals surface area contributed by atoms with Crippen LogP contribution in [0.2, 0.25) is 0 Å². The molecule has 0 bridgehead atoms. The Hall–Kier alpha value is -2.28. The van der Waals surface area contributed by atoms with Gasteiger partial charge >= 0.3 is 12.2 Å². The van der Waals surface area contributed by atoms with Crippen LogP contribution in [0.1, 0.15) is 12.0 Å². The van der Waals surface area contributed by atoms with Crippen LogP contribution in [-0.2, 0) is 11.3 Å². The fourth-order valence-electron chi connectivity index (χ4n) is 2.21. The molecule has 7 nitrogen and oxygen atoms in total. The number of nitrogens with one attached hydrogen (secondary N) is 1. The number of hydrogen-bond acceptors (Lipinski definition) is 4. The van der Waals surface area contributed by atoms with Crippen molar-refractivity contribution >= 4 is 12.2 Å². The Labute approximate surface area is 122 Å². The van der Waals surface area contributed by atoms with Gasteiger partial charge in [0.1, 0.15) is 6.61 Å². The molecule has 1 aliphatic rings. The molecule has 1 aromatic rings. The quantitative estimate of drug-likeness (QED) is 0.771. The van der Waals surface area contributed by atoms with E-state index in [1.807, 2.05) is 30.3 Å². The Balaban J connectivity index is 1.82. The highest BCUT2D eigenvalue weighted by Gasteiger charge is 2.30. The van der Waals surface area contributed by atoms with Crippen LogP contribution in [0.4, 0.5) is 9.59 Å². The van der Waals surface area contributed by atoms with Crippen LogP contribution in [0, 0.1) is 0 Å². The van der Waals surface area contributed by atoms with Crippen LogP contribution < -0.4 is 11.1 Å². The summed E-state index contributed by atoms with van der Waals surface area (Å²) in [5.74, 6) is 0. The third kappa shape index (κ3) is 4.35. The Bertz CT molecular complexity index is 494. The van der Waals surface area contributed by atoms with Crippen molar-refractivity contribution in [2.45, 2.75) is 25.1 Å². The first-order valence-corrected chi connectivity index (χ1v) is 6.77. The summed E-state index contributed by atoms with van der Waals surface area (Å²) >= 11 is 0. The Morgan fingerprint density at radius 2 is 2.10 bits per heavy atom. The summed E-state index contributed by atoms with van der Waals surface area (Å²) in [6.07, 6.45) is -1.09. The number of carbonyl (C=O) groups excluding carboxylic acids is 1. The van der Waals surface area contributed by atoms with Crippen molar-refractivity contribution in [3.63, 3.8) is 0 Å². The molecule has 114 valence electrons. The maximum atomic E-state index is 11.8.